The standard InChI is InChI=1S/C59H67N6O5P3/c1-8-35-68-56-27-21-47(22-28-56)13-16-50-38-53(62-59(41-50)73(7)70-10-3)44-65-32-30-63(42-51-36-48(39-57(71)60-51)14-11-45-17-23-54(66-4)24-18-45)29-31-64(33-34-65)43-52-37-49(40-58(61-52)72(6)69-9-2)15-12-46-19-25-55(67-5)26-20-46/h17-28,36-41H,8-10,29-35,42-44,71H2,1-7H3. The Hall–Kier alpha value is -5.72. The van der Waals surface area contributed by atoms with Crippen molar-refractivity contribution in [2.45, 2.75) is 46.8 Å². The summed E-state index contributed by atoms with van der Waals surface area (Å²) < 4.78 is 28.8. The van der Waals surface area contributed by atoms with Gasteiger partial charge in [-0.05, 0) is 143 Å². The lowest BCUT2D eigenvalue weighted by atomic mass is 10.1. The van der Waals surface area contributed by atoms with Gasteiger partial charge >= 0.3 is 0 Å². The first-order chi connectivity index (χ1) is 35.6. The molecule has 1 saturated heterocycles. The second kappa shape index (κ2) is 28.7. The molecule has 6 aromatic rings. The summed E-state index contributed by atoms with van der Waals surface area (Å²) in [5.41, 5.74) is 11.1. The van der Waals surface area contributed by atoms with E-state index in [4.69, 9.17) is 38.2 Å². The van der Waals surface area contributed by atoms with E-state index < -0.39 is 16.3 Å². The molecule has 0 amide bonds. The Bertz CT molecular complexity index is 2920. The Morgan fingerprint density at radius 1 is 0.466 bits per heavy atom. The Balaban J connectivity index is 1.18. The molecule has 0 aliphatic carbocycles. The van der Waals surface area contributed by atoms with Gasteiger partial charge in [0.25, 0.3) is 0 Å². The van der Waals surface area contributed by atoms with Gasteiger partial charge in [0.05, 0.1) is 70.5 Å². The molecular formula is C59H67N6O5P3. The van der Waals surface area contributed by atoms with Crippen molar-refractivity contribution in [3.8, 4) is 52.8 Å². The van der Waals surface area contributed by atoms with E-state index in [-0.39, 0.29) is 0 Å². The van der Waals surface area contributed by atoms with Crippen molar-refractivity contribution in [1.29, 1.82) is 0 Å². The molecule has 0 bridgehead atoms. The van der Waals surface area contributed by atoms with Crippen molar-refractivity contribution in [3.63, 3.8) is 0 Å². The van der Waals surface area contributed by atoms with Gasteiger partial charge in [-0.2, -0.15) is 0 Å². The monoisotopic (exact) mass is 1030 g/mol. The van der Waals surface area contributed by atoms with Crippen molar-refractivity contribution >= 4 is 41.8 Å². The van der Waals surface area contributed by atoms with E-state index in [9.17, 15) is 0 Å². The zero-order valence-corrected chi connectivity index (χ0v) is 46.2. The zero-order chi connectivity index (χ0) is 51.4. The highest BCUT2D eigenvalue weighted by Gasteiger charge is 2.21. The molecule has 1 fully saturated rings. The lowest BCUT2D eigenvalue weighted by Gasteiger charge is -2.26. The molecule has 7 rings (SSSR count). The molecule has 3 aromatic heterocycles. The molecule has 0 spiro atoms. The zero-order valence-electron chi connectivity index (χ0n) is 43.3. The summed E-state index contributed by atoms with van der Waals surface area (Å²) >= 11 is 0. The first-order valence-corrected chi connectivity index (χ1v) is 28.8. The smallest absolute Gasteiger partial charge is 0.119 e. The van der Waals surface area contributed by atoms with Crippen LogP contribution in [0.2, 0.25) is 0 Å². The highest BCUT2D eigenvalue weighted by molar-refractivity contribution is 7.60. The third-order valence-electron chi connectivity index (χ3n) is 11.8. The minimum Gasteiger partial charge on any atom is -0.497 e. The molecule has 73 heavy (non-hydrogen) atoms. The molecule has 4 heterocycles. The minimum atomic E-state index is -0.930. The summed E-state index contributed by atoms with van der Waals surface area (Å²) in [6, 6.07) is 36.2. The number of ether oxygens (including phenoxy) is 3. The topological polar surface area (TPSA) is 94.5 Å². The highest BCUT2D eigenvalue weighted by Crippen LogP contribution is 2.31. The molecule has 3 unspecified atom stereocenters. The van der Waals surface area contributed by atoms with Gasteiger partial charge in [-0.1, -0.05) is 51.7 Å². The number of hydrogen-bond acceptors (Lipinski definition) is 11. The predicted octanol–water partition coefficient (Wildman–Crippen LogP) is 8.57. The number of methoxy groups -OCH3 is 2. The predicted molar refractivity (Wildman–Crippen MR) is 302 cm³/mol. The molecular weight excluding hydrogens is 966 g/mol. The molecule has 14 heteroatoms. The molecule has 378 valence electrons. The number of pyridine rings is 3. The molecule has 3 aromatic carbocycles. The Labute approximate surface area is 438 Å². The van der Waals surface area contributed by atoms with Crippen LogP contribution in [0.1, 0.15) is 77.7 Å². The maximum absolute atomic E-state index is 6.15. The maximum atomic E-state index is 6.15. The van der Waals surface area contributed by atoms with Gasteiger partial charge in [-0.15, -0.1) is 0 Å². The summed E-state index contributed by atoms with van der Waals surface area (Å²) in [4.78, 5) is 23.0. The van der Waals surface area contributed by atoms with E-state index in [1.54, 1.807) is 14.2 Å². The summed E-state index contributed by atoms with van der Waals surface area (Å²) in [5.74, 6) is 22.8. The molecule has 0 N–H and O–H groups in total. The summed E-state index contributed by atoms with van der Waals surface area (Å²) in [6.45, 7) is 19.3. The molecule has 1 aliphatic rings. The lowest BCUT2D eigenvalue weighted by molar-refractivity contribution is 0.207. The quantitative estimate of drug-likeness (QED) is 0.0650. The fourth-order valence-corrected chi connectivity index (χ4v) is 10.6. The second-order valence-corrected chi connectivity index (χ2v) is 21.4. The van der Waals surface area contributed by atoms with Crippen LogP contribution in [0.4, 0.5) is 0 Å². The molecule has 11 nitrogen and oxygen atoms in total. The van der Waals surface area contributed by atoms with Crippen LogP contribution < -0.4 is 30.5 Å². The first kappa shape index (κ1) is 55.0. The van der Waals surface area contributed by atoms with Crippen LogP contribution in [0.15, 0.2) is 109 Å². The van der Waals surface area contributed by atoms with Crippen LogP contribution in [-0.4, -0.2) is 116 Å². The SMILES string of the molecule is CCCOc1ccc(C#Cc2cc(CN3CCN(Cc4cc(C#Cc5ccc(OC)cc5)cc(P)n4)CCN(Cc4cc(C#Cc5ccc(OC)cc5)cc(P(C)OCC)n4)CC3)nc(P(C)OCC)c2)cc1. The number of rotatable bonds is 17. The largest absolute Gasteiger partial charge is 0.497 e. The number of aromatic nitrogens is 3. The van der Waals surface area contributed by atoms with E-state index in [2.05, 4.69) is 110 Å². The summed E-state index contributed by atoms with van der Waals surface area (Å²) in [6.07, 6.45) is 0.962. The van der Waals surface area contributed by atoms with E-state index in [0.717, 1.165) is 130 Å². The van der Waals surface area contributed by atoms with Crippen LogP contribution in [0, 0.1) is 35.5 Å². The molecule has 1 aliphatic heterocycles. The van der Waals surface area contributed by atoms with Crippen molar-refractivity contribution < 1.29 is 23.3 Å². The van der Waals surface area contributed by atoms with Gasteiger partial charge in [0, 0.05) is 105 Å². The van der Waals surface area contributed by atoms with Gasteiger partial charge in [0.15, 0.2) is 0 Å². The van der Waals surface area contributed by atoms with Gasteiger partial charge in [-0.3, -0.25) is 19.7 Å². The Morgan fingerprint density at radius 3 is 1.16 bits per heavy atom. The van der Waals surface area contributed by atoms with Crippen molar-refractivity contribution in [2.75, 3.05) is 86.6 Å². The fraction of sp³-hybridized carbons (Fsp3) is 0.339. The fourth-order valence-electron chi connectivity index (χ4n) is 8.04. The second-order valence-electron chi connectivity index (χ2n) is 17.4. The molecule has 3 atom stereocenters. The average molecular weight is 1030 g/mol. The third kappa shape index (κ3) is 17.7. The van der Waals surface area contributed by atoms with Crippen LogP contribution >= 0.6 is 25.5 Å². The van der Waals surface area contributed by atoms with Crippen molar-refractivity contribution in [1.82, 2.24) is 29.7 Å². The number of benzene rings is 3. The number of nitrogens with zero attached hydrogens (tertiary/aromatic N) is 6. The molecule has 0 radical (unpaired) electrons. The van der Waals surface area contributed by atoms with Crippen LogP contribution in [-0.2, 0) is 28.7 Å². The van der Waals surface area contributed by atoms with Gasteiger partial charge in [0.2, 0.25) is 0 Å². The van der Waals surface area contributed by atoms with Crippen LogP contribution in [0.3, 0.4) is 0 Å². The molecule has 0 saturated carbocycles. The van der Waals surface area contributed by atoms with Crippen molar-refractivity contribution in [3.05, 3.63) is 160 Å². The minimum absolute atomic E-state index is 0.615. The summed E-state index contributed by atoms with van der Waals surface area (Å²) in [7, 11) is 4.26. The van der Waals surface area contributed by atoms with Gasteiger partial charge < -0.3 is 23.3 Å². The van der Waals surface area contributed by atoms with E-state index >= 15 is 0 Å². The van der Waals surface area contributed by atoms with Crippen LogP contribution in [0.25, 0.3) is 0 Å². The average Bonchev–Trinajstić information content (AvgIpc) is 3.49. The number of hydrogen-bond donors (Lipinski definition) is 0. The van der Waals surface area contributed by atoms with Crippen molar-refractivity contribution in [2.24, 2.45) is 0 Å². The van der Waals surface area contributed by atoms with Crippen LogP contribution in [0.5, 0.6) is 17.2 Å². The maximum Gasteiger partial charge on any atom is 0.119 e. The van der Waals surface area contributed by atoms with E-state index in [0.29, 0.717) is 39.5 Å². The third-order valence-corrected chi connectivity index (χ3v) is 15.2. The first-order valence-electron chi connectivity index (χ1n) is 24.8. The van der Waals surface area contributed by atoms with E-state index in [1.807, 2.05) is 92.7 Å². The van der Waals surface area contributed by atoms with Gasteiger partial charge in [-0.25, -0.2) is 9.97 Å². The normalized spacial score (nSPS) is 14.1. The van der Waals surface area contributed by atoms with E-state index in [1.165, 1.54) is 0 Å². The Morgan fingerprint density at radius 2 is 0.808 bits per heavy atom. The summed E-state index contributed by atoms with van der Waals surface area (Å²) in [5, 5.41) is 0. The lowest BCUT2D eigenvalue weighted by Crippen LogP contribution is -2.36. The Kier molecular flexibility index (Phi) is 21.6. The van der Waals surface area contributed by atoms with Gasteiger partial charge in [0.1, 0.15) is 17.2 Å². The highest BCUT2D eigenvalue weighted by atomic mass is 31.1.